The molecule has 0 spiro atoms. The molecule has 3 unspecified atom stereocenters. The molecule has 0 saturated heterocycles. The number of benzene rings is 3. The fraction of sp³-hybridized carbons (Fsp3) is 0.229. The van der Waals surface area contributed by atoms with Crippen molar-refractivity contribution >= 4 is 5.70 Å². The highest BCUT2D eigenvalue weighted by molar-refractivity contribution is 5.74. The smallest absolute Gasteiger partial charge is 0.222 e. The van der Waals surface area contributed by atoms with Gasteiger partial charge in [0.2, 0.25) is 11.4 Å². The van der Waals surface area contributed by atoms with E-state index in [2.05, 4.69) is 94.5 Å². The number of aryl methyl sites for hydroxylation is 2. The number of rotatable bonds is 1. The fourth-order valence-electron chi connectivity index (χ4n) is 7.62. The lowest BCUT2D eigenvalue weighted by Gasteiger charge is -2.48. The summed E-state index contributed by atoms with van der Waals surface area (Å²) in [6.07, 6.45) is 9.74. The largest absolute Gasteiger partial charge is 0.352 e. The van der Waals surface area contributed by atoms with Gasteiger partial charge < -0.3 is 9.80 Å². The summed E-state index contributed by atoms with van der Waals surface area (Å²) in [6.45, 7) is 7.95. The Hall–Kier alpha value is -4.18. The van der Waals surface area contributed by atoms with Gasteiger partial charge in [-0.3, -0.25) is 0 Å². The second-order valence-corrected chi connectivity index (χ2v) is 11.4. The maximum atomic E-state index is 15.8. The molecular formula is C35H31FN3+. The molecular weight excluding hydrogens is 481 g/mol. The standard InChI is InChI=1S/C35H31FN3/c1-22-21-39-23(2)34-28(27-12-6-10-26-16-17-37-18-19-38(34)35(37)32(26)27)15-14-25-11-7-13-30(36)33(25)31(39)20-29(22)24-8-4-3-5-9-24/h3-13,18-21,28,34-35H,2,14-17H2,1H3/q+1. The van der Waals surface area contributed by atoms with Gasteiger partial charge in [-0.15, -0.1) is 0 Å². The van der Waals surface area contributed by atoms with Crippen molar-refractivity contribution in [1.82, 2.24) is 9.80 Å². The first-order chi connectivity index (χ1) is 19.1. The molecule has 4 aliphatic heterocycles. The van der Waals surface area contributed by atoms with Gasteiger partial charge in [-0.05, 0) is 66.6 Å². The molecule has 4 heteroatoms. The first-order valence-electron chi connectivity index (χ1n) is 14.0. The summed E-state index contributed by atoms with van der Waals surface area (Å²) in [7, 11) is 0. The van der Waals surface area contributed by atoms with E-state index >= 15 is 4.39 Å². The van der Waals surface area contributed by atoms with Crippen molar-refractivity contribution in [3.8, 4) is 22.4 Å². The molecule has 0 N–H and O–H groups in total. The fourth-order valence-corrected chi connectivity index (χ4v) is 7.62. The van der Waals surface area contributed by atoms with E-state index in [1.165, 1.54) is 16.7 Å². The van der Waals surface area contributed by atoms with Crippen LogP contribution in [0.2, 0.25) is 0 Å². The van der Waals surface area contributed by atoms with Crippen molar-refractivity contribution in [3.05, 3.63) is 132 Å². The van der Waals surface area contributed by atoms with Crippen LogP contribution in [0.3, 0.4) is 0 Å². The number of halogens is 1. The molecule has 5 heterocycles. The van der Waals surface area contributed by atoms with E-state index in [9.17, 15) is 0 Å². The Morgan fingerprint density at radius 3 is 2.62 bits per heavy atom. The van der Waals surface area contributed by atoms with Gasteiger partial charge in [0.1, 0.15) is 18.0 Å². The first-order valence-corrected chi connectivity index (χ1v) is 14.0. The third kappa shape index (κ3) is 3.24. The van der Waals surface area contributed by atoms with Crippen LogP contribution >= 0.6 is 0 Å². The molecule has 0 fully saturated rings. The Morgan fingerprint density at radius 1 is 0.923 bits per heavy atom. The third-order valence-corrected chi connectivity index (χ3v) is 9.36. The van der Waals surface area contributed by atoms with Gasteiger partial charge in [0.05, 0.1) is 5.56 Å². The lowest BCUT2D eigenvalue weighted by Crippen LogP contribution is -2.53. The SMILES string of the molecule is C=C1C2C(CCc3cccc(F)c3-c3cc(-c4ccccc4)c(C)c[n+]31)c1cccc3c1C1N(C=CN21)CC3. The van der Waals surface area contributed by atoms with Crippen LogP contribution in [-0.2, 0) is 12.8 Å². The Labute approximate surface area is 229 Å². The van der Waals surface area contributed by atoms with E-state index in [4.69, 9.17) is 6.58 Å². The van der Waals surface area contributed by atoms with Crippen LogP contribution in [0.25, 0.3) is 28.1 Å². The number of hydrogen-bond donors (Lipinski definition) is 0. The molecule has 0 radical (unpaired) electrons. The Kier molecular flexibility index (Phi) is 4.91. The lowest BCUT2D eigenvalue weighted by molar-refractivity contribution is -0.574. The summed E-state index contributed by atoms with van der Waals surface area (Å²) in [6, 6.07) is 25.1. The number of aromatic nitrogens is 1. The first kappa shape index (κ1) is 22.8. The molecule has 8 rings (SSSR count). The minimum Gasteiger partial charge on any atom is -0.352 e. The number of fused-ring (bicyclic) bond motifs is 6. The van der Waals surface area contributed by atoms with Gasteiger partial charge in [0, 0.05) is 42.1 Å². The monoisotopic (exact) mass is 512 g/mol. The van der Waals surface area contributed by atoms with Crippen LogP contribution in [0.15, 0.2) is 98.0 Å². The van der Waals surface area contributed by atoms with Gasteiger partial charge in [0.15, 0.2) is 6.20 Å². The predicted molar refractivity (Wildman–Crippen MR) is 153 cm³/mol. The van der Waals surface area contributed by atoms with Crippen molar-refractivity contribution in [3.63, 3.8) is 0 Å². The molecule has 39 heavy (non-hydrogen) atoms. The van der Waals surface area contributed by atoms with Gasteiger partial charge in [-0.1, -0.05) is 60.7 Å². The molecule has 3 aromatic carbocycles. The summed E-state index contributed by atoms with van der Waals surface area (Å²) in [5.74, 6) is 0.0857. The van der Waals surface area contributed by atoms with E-state index in [1.54, 1.807) is 6.07 Å². The second-order valence-electron chi connectivity index (χ2n) is 11.4. The molecule has 3 nitrogen and oxygen atoms in total. The van der Waals surface area contributed by atoms with Crippen LogP contribution in [0, 0.1) is 12.7 Å². The summed E-state index contributed by atoms with van der Waals surface area (Å²) >= 11 is 0. The third-order valence-electron chi connectivity index (χ3n) is 9.36. The van der Waals surface area contributed by atoms with Gasteiger partial charge in [0.25, 0.3) is 0 Å². The highest BCUT2D eigenvalue weighted by Gasteiger charge is 2.50. The molecule has 3 atom stereocenters. The molecule has 0 saturated carbocycles. The molecule has 4 aromatic rings. The Bertz CT molecular complexity index is 1690. The Balaban J connectivity index is 1.39. The number of nitrogens with zero attached hydrogens (tertiary/aromatic N) is 3. The number of pyridine rings is 1. The van der Waals surface area contributed by atoms with Gasteiger partial charge in [-0.25, -0.2) is 4.39 Å². The predicted octanol–water partition coefficient (Wildman–Crippen LogP) is 6.98. The van der Waals surface area contributed by atoms with Crippen LogP contribution in [0.1, 0.15) is 46.3 Å². The van der Waals surface area contributed by atoms with Crippen molar-refractivity contribution in [1.29, 1.82) is 0 Å². The summed E-state index contributed by atoms with van der Waals surface area (Å²) in [4.78, 5) is 5.01. The zero-order chi connectivity index (χ0) is 26.2. The molecule has 4 aliphatic rings. The minimum absolute atomic E-state index is 0.0696. The van der Waals surface area contributed by atoms with E-state index in [1.807, 2.05) is 12.1 Å². The quantitative estimate of drug-likeness (QED) is 0.255. The van der Waals surface area contributed by atoms with Crippen LogP contribution in [0.4, 0.5) is 4.39 Å². The topological polar surface area (TPSA) is 10.4 Å². The summed E-state index contributed by atoms with van der Waals surface area (Å²) in [5.41, 5.74) is 11.4. The van der Waals surface area contributed by atoms with Crippen molar-refractivity contribution in [2.75, 3.05) is 6.54 Å². The maximum absolute atomic E-state index is 15.8. The maximum Gasteiger partial charge on any atom is 0.222 e. The average molecular weight is 513 g/mol. The molecule has 0 aliphatic carbocycles. The number of hydrogen-bond acceptors (Lipinski definition) is 2. The normalized spacial score (nSPS) is 22.3. The van der Waals surface area contributed by atoms with Crippen LogP contribution < -0.4 is 4.57 Å². The van der Waals surface area contributed by atoms with E-state index in [0.717, 1.165) is 59.5 Å². The zero-order valence-electron chi connectivity index (χ0n) is 22.1. The molecule has 0 bridgehead atoms. The summed E-state index contributed by atoms with van der Waals surface area (Å²) < 4.78 is 18.0. The van der Waals surface area contributed by atoms with Crippen LogP contribution in [0.5, 0.6) is 0 Å². The van der Waals surface area contributed by atoms with Crippen molar-refractivity contribution in [2.24, 2.45) is 0 Å². The Morgan fingerprint density at radius 2 is 1.74 bits per heavy atom. The van der Waals surface area contributed by atoms with Gasteiger partial charge in [-0.2, -0.15) is 4.57 Å². The zero-order valence-corrected chi connectivity index (χ0v) is 22.1. The van der Waals surface area contributed by atoms with Crippen molar-refractivity contribution in [2.45, 2.75) is 44.3 Å². The molecule has 1 aromatic heterocycles. The van der Waals surface area contributed by atoms with Crippen LogP contribution in [-0.4, -0.2) is 22.4 Å². The van der Waals surface area contributed by atoms with E-state index in [-0.39, 0.29) is 23.9 Å². The second kappa shape index (κ2) is 8.41. The van der Waals surface area contributed by atoms with Crippen molar-refractivity contribution < 1.29 is 8.96 Å². The highest BCUT2D eigenvalue weighted by Crippen LogP contribution is 2.51. The summed E-state index contributed by atoms with van der Waals surface area (Å²) in [5, 5.41) is 0. The lowest BCUT2D eigenvalue weighted by atomic mass is 9.75. The van der Waals surface area contributed by atoms with E-state index in [0.29, 0.717) is 5.56 Å². The minimum atomic E-state index is -0.174. The van der Waals surface area contributed by atoms with Gasteiger partial charge >= 0.3 is 0 Å². The average Bonchev–Trinajstić information content (AvgIpc) is 3.41. The molecule has 192 valence electrons. The van der Waals surface area contributed by atoms with E-state index < -0.39 is 0 Å². The highest BCUT2D eigenvalue weighted by atomic mass is 19.1. The molecule has 0 amide bonds.